The van der Waals surface area contributed by atoms with Crippen LogP contribution in [0.5, 0.6) is 0 Å². The summed E-state index contributed by atoms with van der Waals surface area (Å²) in [5.41, 5.74) is -2.81. The number of carbonyl (C=O) groups excluding carboxylic acids is 1. The van der Waals surface area contributed by atoms with Gasteiger partial charge in [-0.3, -0.25) is 0 Å². The zero-order chi connectivity index (χ0) is 12.6. The monoisotopic (exact) mass is 233 g/mol. The van der Waals surface area contributed by atoms with Crippen molar-refractivity contribution in [3.63, 3.8) is 0 Å². The molecule has 1 amide bonds. The Morgan fingerprint density at radius 2 is 1.94 bits per heavy atom. The second kappa shape index (κ2) is 3.92. The minimum absolute atomic E-state index is 0.207. The molecule has 5 nitrogen and oxygen atoms in total. The molecule has 0 aromatic rings. The molecule has 0 bridgehead atoms. The van der Waals surface area contributed by atoms with Crippen molar-refractivity contribution >= 4 is 12.1 Å². The summed E-state index contributed by atoms with van der Waals surface area (Å²) in [5.74, 6) is -1.48. The van der Waals surface area contributed by atoms with E-state index in [4.69, 9.17) is 9.84 Å². The van der Waals surface area contributed by atoms with E-state index in [1.54, 1.807) is 20.8 Å². The highest BCUT2D eigenvalue weighted by molar-refractivity contribution is 5.79. The third-order valence-corrected chi connectivity index (χ3v) is 2.24. The maximum Gasteiger partial charge on any atom is 0.407 e. The molecule has 1 aliphatic rings. The Morgan fingerprint density at radius 1 is 1.44 bits per heavy atom. The Morgan fingerprint density at radius 3 is 2.31 bits per heavy atom. The summed E-state index contributed by atoms with van der Waals surface area (Å²) in [6, 6.07) is -0.462. The second-order valence-electron chi connectivity index (χ2n) is 5.02. The predicted molar refractivity (Wildman–Crippen MR) is 53.9 cm³/mol. The standard InChI is InChI=1S/C10H16FNO4/c1-9(2,3)16-8(15)12-6-4-10(11,5-6)7(13)14/h6H,4-5H2,1-3H3,(H,12,15)(H,13,14). The van der Waals surface area contributed by atoms with Crippen molar-refractivity contribution < 1.29 is 23.8 Å². The molecule has 1 rings (SSSR count). The van der Waals surface area contributed by atoms with Crippen LogP contribution in [0.15, 0.2) is 0 Å². The lowest BCUT2D eigenvalue weighted by atomic mass is 9.77. The fourth-order valence-corrected chi connectivity index (χ4v) is 1.47. The molecule has 0 unspecified atom stereocenters. The highest BCUT2D eigenvalue weighted by Gasteiger charge is 2.52. The van der Waals surface area contributed by atoms with Gasteiger partial charge in [0.25, 0.3) is 0 Å². The first-order valence-corrected chi connectivity index (χ1v) is 5.04. The van der Waals surface area contributed by atoms with E-state index < -0.39 is 29.4 Å². The molecule has 1 saturated carbocycles. The summed E-state index contributed by atoms with van der Waals surface area (Å²) in [5, 5.41) is 10.9. The minimum atomic E-state index is -2.19. The summed E-state index contributed by atoms with van der Waals surface area (Å²) in [6.07, 6.45) is -1.06. The van der Waals surface area contributed by atoms with Crippen LogP contribution in [0, 0.1) is 0 Å². The van der Waals surface area contributed by atoms with Crippen LogP contribution in [0.1, 0.15) is 33.6 Å². The lowest BCUT2D eigenvalue weighted by Gasteiger charge is -2.38. The van der Waals surface area contributed by atoms with E-state index in [1.807, 2.05) is 0 Å². The largest absolute Gasteiger partial charge is 0.479 e. The minimum Gasteiger partial charge on any atom is -0.479 e. The zero-order valence-corrected chi connectivity index (χ0v) is 9.54. The normalized spacial score (nSPS) is 29.1. The molecule has 16 heavy (non-hydrogen) atoms. The molecule has 0 heterocycles. The molecule has 0 radical (unpaired) electrons. The Hall–Kier alpha value is -1.33. The molecule has 1 fully saturated rings. The molecule has 0 saturated heterocycles. The number of carboxylic acids is 1. The highest BCUT2D eigenvalue weighted by Crippen LogP contribution is 2.36. The predicted octanol–water partition coefficient (Wildman–Crippen LogP) is 1.47. The topological polar surface area (TPSA) is 75.6 Å². The molecular formula is C10H16FNO4. The number of halogens is 1. The Bertz CT molecular complexity index is 304. The van der Waals surface area contributed by atoms with Crippen molar-refractivity contribution in [2.75, 3.05) is 0 Å². The van der Waals surface area contributed by atoms with Crippen LogP contribution in [0.3, 0.4) is 0 Å². The molecule has 2 N–H and O–H groups in total. The Balaban J connectivity index is 2.33. The van der Waals surface area contributed by atoms with Gasteiger partial charge in [-0.1, -0.05) is 0 Å². The smallest absolute Gasteiger partial charge is 0.407 e. The third-order valence-electron chi connectivity index (χ3n) is 2.24. The van der Waals surface area contributed by atoms with Crippen LogP contribution >= 0.6 is 0 Å². The van der Waals surface area contributed by atoms with Crippen LogP contribution < -0.4 is 5.32 Å². The van der Waals surface area contributed by atoms with Crippen molar-refractivity contribution in [1.29, 1.82) is 0 Å². The number of alkyl carbamates (subject to hydrolysis) is 1. The summed E-state index contributed by atoms with van der Waals surface area (Å²) in [6.45, 7) is 5.14. The fourth-order valence-electron chi connectivity index (χ4n) is 1.47. The SMILES string of the molecule is CC(C)(C)OC(=O)NC1CC(F)(C(=O)O)C1. The molecule has 0 spiro atoms. The number of hydrogen-bond donors (Lipinski definition) is 2. The zero-order valence-electron chi connectivity index (χ0n) is 9.54. The van der Waals surface area contributed by atoms with Gasteiger partial charge in [0.2, 0.25) is 5.67 Å². The van der Waals surface area contributed by atoms with Crippen LogP contribution in [0.2, 0.25) is 0 Å². The van der Waals surface area contributed by atoms with Gasteiger partial charge >= 0.3 is 12.1 Å². The molecule has 0 atom stereocenters. The number of rotatable bonds is 2. The lowest BCUT2D eigenvalue weighted by Crippen LogP contribution is -2.57. The van der Waals surface area contributed by atoms with E-state index >= 15 is 0 Å². The van der Waals surface area contributed by atoms with Gasteiger partial charge in [-0.05, 0) is 20.8 Å². The van der Waals surface area contributed by atoms with E-state index in [0.717, 1.165) is 0 Å². The van der Waals surface area contributed by atoms with Crippen LogP contribution in [-0.4, -0.2) is 34.5 Å². The maximum atomic E-state index is 13.3. The Labute approximate surface area is 93.0 Å². The van der Waals surface area contributed by atoms with Gasteiger partial charge in [0.1, 0.15) is 5.60 Å². The first-order chi connectivity index (χ1) is 7.12. The van der Waals surface area contributed by atoms with Crippen molar-refractivity contribution in [3.05, 3.63) is 0 Å². The third kappa shape index (κ3) is 3.08. The maximum absolute atomic E-state index is 13.3. The number of amides is 1. The van der Waals surface area contributed by atoms with Crippen LogP contribution in [-0.2, 0) is 9.53 Å². The summed E-state index contributed by atoms with van der Waals surface area (Å²) >= 11 is 0. The van der Waals surface area contributed by atoms with Gasteiger partial charge in [0.15, 0.2) is 0 Å². The highest BCUT2D eigenvalue weighted by atomic mass is 19.1. The van der Waals surface area contributed by atoms with Gasteiger partial charge in [-0.25, -0.2) is 14.0 Å². The summed E-state index contributed by atoms with van der Waals surface area (Å²) in [7, 11) is 0. The number of hydrogen-bond acceptors (Lipinski definition) is 3. The number of aliphatic carboxylic acids is 1. The second-order valence-corrected chi connectivity index (χ2v) is 5.02. The van der Waals surface area contributed by atoms with E-state index in [0.29, 0.717) is 0 Å². The van der Waals surface area contributed by atoms with Crippen molar-refractivity contribution in [2.45, 2.75) is 50.9 Å². The summed E-state index contributed by atoms with van der Waals surface area (Å²) < 4.78 is 18.2. The number of nitrogens with one attached hydrogen (secondary N) is 1. The van der Waals surface area contributed by atoms with Gasteiger partial charge in [-0.2, -0.15) is 0 Å². The Kier molecular flexibility index (Phi) is 3.12. The molecule has 0 aromatic heterocycles. The van der Waals surface area contributed by atoms with Gasteiger partial charge in [0.05, 0.1) is 0 Å². The first-order valence-electron chi connectivity index (χ1n) is 5.04. The molecular weight excluding hydrogens is 217 g/mol. The van der Waals surface area contributed by atoms with Gasteiger partial charge in [-0.15, -0.1) is 0 Å². The number of carbonyl (C=O) groups is 2. The van der Waals surface area contributed by atoms with E-state index in [1.165, 1.54) is 0 Å². The fraction of sp³-hybridized carbons (Fsp3) is 0.800. The molecule has 92 valence electrons. The van der Waals surface area contributed by atoms with Crippen molar-refractivity contribution in [3.8, 4) is 0 Å². The van der Waals surface area contributed by atoms with Crippen LogP contribution in [0.4, 0.5) is 9.18 Å². The van der Waals surface area contributed by atoms with E-state index in [2.05, 4.69) is 5.32 Å². The van der Waals surface area contributed by atoms with Crippen molar-refractivity contribution in [1.82, 2.24) is 5.32 Å². The van der Waals surface area contributed by atoms with Gasteiger partial charge < -0.3 is 15.2 Å². The van der Waals surface area contributed by atoms with Crippen molar-refractivity contribution in [2.24, 2.45) is 0 Å². The lowest BCUT2D eigenvalue weighted by molar-refractivity contribution is -0.158. The molecule has 0 aromatic carbocycles. The number of carboxylic acid groups (broad SMARTS) is 1. The molecule has 0 aliphatic heterocycles. The average molecular weight is 233 g/mol. The first kappa shape index (κ1) is 12.7. The number of alkyl halides is 1. The van der Waals surface area contributed by atoms with E-state index in [-0.39, 0.29) is 12.8 Å². The number of ether oxygens (including phenoxy) is 1. The van der Waals surface area contributed by atoms with E-state index in [9.17, 15) is 14.0 Å². The quantitative estimate of drug-likeness (QED) is 0.757. The summed E-state index contributed by atoms with van der Waals surface area (Å²) in [4.78, 5) is 21.7. The van der Waals surface area contributed by atoms with Crippen LogP contribution in [0.25, 0.3) is 0 Å². The average Bonchev–Trinajstić information content (AvgIpc) is 1.96. The molecule has 1 aliphatic carbocycles. The molecule has 6 heteroatoms. The van der Waals surface area contributed by atoms with Gasteiger partial charge in [0, 0.05) is 18.9 Å².